The lowest BCUT2D eigenvalue weighted by Gasteiger charge is -2.29. The molecule has 1 heterocycles. The zero-order chi connectivity index (χ0) is 14.0. The van der Waals surface area contributed by atoms with Gasteiger partial charge < -0.3 is 14.6 Å². The molecule has 1 aliphatic heterocycles. The monoisotopic (exact) mass is 263 g/mol. The molecule has 0 aromatic rings. The number of allylic oxidation sites excluding steroid dienone is 2. The first-order valence-corrected chi connectivity index (χ1v) is 6.19. The van der Waals surface area contributed by atoms with Gasteiger partial charge >= 0.3 is 5.97 Å². The average Bonchev–Trinajstić information content (AvgIpc) is 2.40. The van der Waals surface area contributed by atoms with Crippen LogP contribution in [0.15, 0.2) is 39.8 Å². The fourth-order valence-electron chi connectivity index (χ4n) is 2.26. The van der Waals surface area contributed by atoms with Crippen LogP contribution in [-0.2, 0) is 14.3 Å². The van der Waals surface area contributed by atoms with Gasteiger partial charge in [0.2, 0.25) is 0 Å². The SMILES string of the molecule is CCOC(=O)C1=C(O)C2=CC=C(OC)C(C)C2N=C1. The molecular weight excluding hydrogens is 246 g/mol. The maximum atomic E-state index is 11.7. The molecule has 102 valence electrons. The Morgan fingerprint density at radius 3 is 2.84 bits per heavy atom. The highest BCUT2D eigenvalue weighted by Gasteiger charge is 2.34. The highest BCUT2D eigenvalue weighted by Crippen LogP contribution is 2.34. The number of rotatable bonds is 3. The number of hydrogen-bond donors (Lipinski definition) is 1. The van der Waals surface area contributed by atoms with E-state index in [1.807, 2.05) is 6.92 Å². The number of dihydropyridines is 1. The normalized spacial score (nSPS) is 25.4. The third-order valence-electron chi connectivity index (χ3n) is 3.29. The molecule has 0 aromatic heterocycles. The molecule has 1 N–H and O–H groups in total. The van der Waals surface area contributed by atoms with E-state index in [0.717, 1.165) is 5.76 Å². The lowest BCUT2D eigenvalue weighted by molar-refractivity contribution is -0.138. The smallest absolute Gasteiger partial charge is 0.343 e. The molecule has 0 spiro atoms. The zero-order valence-corrected chi connectivity index (χ0v) is 11.2. The van der Waals surface area contributed by atoms with Crippen molar-refractivity contribution in [2.75, 3.05) is 13.7 Å². The van der Waals surface area contributed by atoms with E-state index in [2.05, 4.69) is 4.99 Å². The third kappa shape index (κ3) is 2.28. The molecule has 1 aliphatic carbocycles. The van der Waals surface area contributed by atoms with Crippen LogP contribution in [0.1, 0.15) is 13.8 Å². The van der Waals surface area contributed by atoms with Gasteiger partial charge in [-0.3, -0.25) is 4.99 Å². The van der Waals surface area contributed by atoms with Crippen molar-refractivity contribution in [3.63, 3.8) is 0 Å². The molecule has 0 saturated carbocycles. The molecule has 2 unspecified atom stereocenters. The fraction of sp³-hybridized carbons (Fsp3) is 0.429. The van der Waals surface area contributed by atoms with E-state index in [9.17, 15) is 9.90 Å². The van der Waals surface area contributed by atoms with Crippen LogP contribution in [0.5, 0.6) is 0 Å². The van der Waals surface area contributed by atoms with Crippen molar-refractivity contribution in [1.29, 1.82) is 0 Å². The molecule has 2 aliphatic rings. The topological polar surface area (TPSA) is 68.1 Å². The largest absolute Gasteiger partial charge is 0.507 e. The second-order valence-corrected chi connectivity index (χ2v) is 4.39. The Balaban J connectivity index is 2.37. The van der Waals surface area contributed by atoms with E-state index in [1.54, 1.807) is 26.2 Å². The maximum absolute atomic E-state index is 11.7. The second-order valence-electron chi connectivity index (χ2n) is 4.39. The number of esters is 1. The molecular formula is C14H17NO4. The Hall–Kier alpha value is -2.04. The Bertz CT molecular complexity index is 514. The van der Waals surface area contributed by atoms with E-state index in [-0.39, 0.29) is 29.9 Å². The molecule has 2 atom stereocenters. The Morgan fingerprint density at radius 2 is 2.21 bits per heavy atom. The summed E-state index contributed by atoms with van der Waals surface area (Å²) in [5.74, 6) is 0.208. The number of aliphatic hydroxyl groups excluding tert-OH is 1. The molecule has 0 fully saturated rings. The van der Waals surface area contributed by atoms with Gasteiger partial charge in [-0.2, -0.15) is 0 Å². The van der Waals surface area contributed by atoms with E-state index in [0.29, 0.717) is 5.57 Å². The number of aliphatic imine (C=N–C) groups is 1. The predicted octanol–water partition coefficient (Wildman–Crippen LogP) is 1.92. The van der Waals surface area contributed by atoms with Crippen LogP contribution in [-0.4, -0.2) is 37.0 Å². The lowest BCUT2D eigenvalue weighted by Crippen LogP contribution is -2.29. The number of hydrogen-bond acceptors (Lipinski definition) is 5. The highest BCUT2D eigenvalue weighted by molar-refractivity contribution is 6.11. The Morgan fingerprint density at radius 1 is 1.47 bits per heavy atom. The quantitative estimate of drug-likeness (QED) is 0.790. The Kier molecular flexibility index (Phi) is 3.74. The van der Waals surface area contributed by atoms with Crippen molar-refractivity contribution in [3.8, 4) is 0 Å². The average molecular weight is 263 g/mol. The van der Waals surface area contributed by atoms with Crippen molar-refractivity contribution < 1.29 is 19.4 Å². The molecule has 0 bridgehead atoms. The summed E-state index contributed by atoms with van der Waals surface area (Å²) >= 11 is 0. The summed E-state index contributed by atoms with van der Waals surface area (Å²) in [6, 6.07) is -0.224. The lowest BCUT2D eigenvalue weighted by atomic mass is 9.85. The number of fused-ring (bicyclic) bond motifs is 1. The van der Waals surface area contributed by atoms with Crippen LogP contribution in [0.4, 0.5) is 0 Å². The van der Waals surface area contributed by atoms with Gasteiger partial charge in [0.25, 0.3) is 0 Å². The molecule has 5 heteroatoms. The van der Waals surface area contributed by atoms with Gasteiger partial charge in [-0.1, -0.05) is 6.92 Å². The zero-order valence-electron chi connectivity index (χ0n) is 11.2. The molecule has 19 heavy (non-hydrogen) atoms. The number of nitrogens with zero attached hydrogens (tertiary/aromatic N) is 1. The first kappa shape index (κ1) is 13.4. The molecule has 5 nitrogen and oxygen atoms in total. The van der Waals surface area contributed by atoms with Crippen LogP contribution < -0.4 is 0 Å². The van der Waals surface area contributed by atoms with Crippen molar-refractivity contribution in [2.24, 2.45) is 10.9 Å². The van der Waals surface area contributed by atoms with Gasteiger partial charge in [-0.05, 0) is 19.1 Å². The molecule has 0 saturated heterocycles. The van der Waals surface area contributed by atoms with Crippen LogP contribution in [0.3, 0.4) is 0 Å². The van der Waals surface area contributed by atoms with Gasteiger partial charge in [0.1, 0.15) is 17.1 Å². The number of carbonyl (C=O) groups excluding carboxylic acids is 1. The van der Waals surface area contributed by atoms with Gasteiger partial charge in [-0.25, -0.2) is 4.79 Å². The van der Waals surface area contributed by atoms with Gasteiger partial charge in [0.05, 0.1) is 19.8 Å². The summed E-state index contributed by atoms with van der Waals surface area (Å²) in [6.07, 6.45) is 4.90. The summed E-state index contributed by atoms with van der Waals surface area (Å²) in [6.45, 7) is 3.94. The molecule has 0 radical (unpaired) electrons. The van der Waals surface area contributed by atoms with E-state index in [4.69, 9.17) is 9.47 Å². The van der Waals surface area contributed by atoms with Crippen molar-refractivity contribution in [2.45, 2.75) is 19.9 Å². The summed E-state index contributed by atoms with van der Waals surface area (Å²) in [5.41, 5.74) is 0.727. The third-order valence-corrected chi connectivity index (χ3v) is 3.29. The van der Waals surface area contributed by atoms with Crippen LogP contribution in [0, 0.1) is 5.92 Å². The van der Waals surface area contributed by atoms with E-state index >= 15 is 0 Å². The highest BCUT2D eigenvalue weighted by atomic mass is 16.5. The number of carbonyl (C=O) groups is 1. The Labute approximate surface area is 111 Å². The van der Waals surface area contributed by atoms with Crippen LogP contribution >= 0.6 is 0 Å². The van der Waals surface area contributed by atoms with Crippen molar-refractivity contribution >= 4 is 12.2 Å². The predicted molar refractivity (Wildman–Crippen MR) is 70.9 cm³/mol. The van der Waals surface area contributed by atoms with Crippen LogP contribution in [0.2, 0.25) is 0 Å². The first-order chi connectivity index (χ1) is 9.10. The van der Waals surface area contributed by atoms with Gasteiger partial charge in [-0.15, -0.1) is 0 Å². The molecule has 2 rings (SSSR count). The standard InChI is InChI=1S/C14H17NO4/c1-4-19-14(17)10-7-15-12-8(2)11(18-3)6-5-9(12)13(10)16/h5-8,12,16H,4H2,1-3H3. The molecule has 0 aromatic carbocycles. The number of methoxy groups -OCH3 is 1. The van der Waals surface area contributed by atoms with Crippen LogP contribution in [0.25, 0.3) is 0 Å². The summed E-state index contributed by atoms with van der Waals surface area (Å²) in [5, 5.41) is 10.2. The van der Waals surface area contributed by atoms with Crippen molar-refractivity contribution in [3.05, 3.63) is 34.8 Å². The number of ether oxygens (including phenoxy) is 2. The van der Waals surface area contributed by atoms with Crippen molar-refractivity contribution in [1.82, 2.24) is 0 Å². The van der Waals surface area contributed by atoms with E-state index < -0.39 is 5.97 Å². The maximum Gasteiger partial charge on any atom is 0.343 e. The minimum Gasteiger partial charge on any atom is -0.507 e. The minimum absolute atomic E-state index is 0.0205. The van der Waals surface area contributed by atoms with Gasteiger partial charge in [0, 0.05) is 17.7 Å². The number of aliphatic hydroxyl groups is 1. The van der Waals surface area contributed by atoms with E-state index in [1.165, 1.54) is 6.21 Å². The summed E-state index contributed by atoms with van der Waals surface area (Å²) in [7, 11) is 1.60. The minimum atomic E-state index is -0.558. The fourth-order valence-corrected chi connectivity index (χ4v) is 2.26. The summed E-state index contributed by atoms with van der Waals surface area (Å²) in [4.78, 5) is 16.0. The summed E-state index contributed by atoms with van der Waals surface area (Å²) < 4.78 is 10.1. The first-order valence-electron chi connectivity index (χ1n) is 6.19. The second kappa shape index (κ2) is 5.30. The molecule has 0 amide bonds. The van der Waals surface area contributed by atoms with Gasteiger partial charge in [0.15, 0.2) is 0 Å².